The molecule has 5 nitrogen and oxygen atoms in total. The highest BCUT2D eigenvalue weighted by molar-refractivity contribution is 6.17. The maximum absolute atomic E-state index is 12.0. The van der Waals surface area contributed by atoms with E-state index in [0.717, 1.165) is 0 Å². The summed E-state index contributed by atoms with van der Waals surface area (Å²) in [5.41, 5.74) is 0.468. The molecule has 0 unspecified atom stereocenters. The van der Waals surface area contributed by atoms with Crippen LogP contribution in [-0.2, 0) is 19.1 Å². The number of carbonyl (C=O) groups excluding carboxylic acids is 2. The minimum absolute atomic E-state index is 0.0248. The molecule has 1 aromatic rings. The van der Waals surface area contributed by atoms with Gasteiger partial charge in [0.2, 0.25) is 0 Å². The van der Waals surface area contributed by atoms with Crippen molar-refractivity contribution in [2.45, 2.75) is 33.8 Å². The summed E-state index contributed by atoms with van der Waals surface area (Å²) in [6.45, 7) is 7.52. The zero-order valence-electron chi connectivity index (χ0n) is 13.4. The highest BCUT2D eigenvalue weighted by Crippen LogP contribution is 2.23. The summed E-state index contributed by atoms with van der Waals surface area (Å²) in [5.74, 6) is -0.829. The standard InChI is InChI=1S/C17H22O5/c1-5-20-16(18)14(17(19)21-6-2)11-13-9-7-8-10-15(13)22-12(3)4/h7-12H,5-6H2,1-4H3. The van der Waals surface area contributed by atoms with Gasteiger partial charge in [0, 0.05) is 5.56 Å². The molecule has 0 fully saturated rings. The Balaban J connectivity index is 3.21. The molecule has 0 aliphatic heterocycles. The molecule has 0 bridgehead atoms. The van der Waals surface area contributed by atoms with E-state index in [1.54, 1.807) is 32.0 Å². The Morgan fingerprint density at radius 2 is 1.59 bits per heavy atom. The molecule has 0 amide bonds. The molecule has 5 heteroatoms. The highest BCUT2D eigenvalue weighted by Gasteiger charge is 2.21. The zero-order valence-corrected chi connectivity index (χ0v) is 13.4. The Hall–Kier alpha value is -2.30. The van der Waals surface area contributed by atoms with E-state index >= 15 is 0 Å². The molecule has 0 aliphatic rings. The van der Waals surface area contributed by atoms with Crippen molar-refractivity contribution in [1.82, 2.24) is 0 Å². The van der Waals surface area contributed by atoms with Crippen LogP contribution in [0.5, 0.6) is 5.75 Å². The summed E-state index contributed by atoms with van der Waals surface area (Å²) < 4.78 is 15.5. The maximum Gasteiger partial charge on any atom is 0.345 e. The van der Waals surface area contributed by atoms with E-state index < -0.39 is 11.9 Å². The number of benzene rings is 1. The van der Waals surface area contributed by atoms with Gasteiger partial charge in [-0.05, 0) is 39.8 Å². The van der Waals surface area contributed by atoms with E-state index in [2.05, 4.69) is 0 Å². The first-order chi connectivity index (χ1) is 10.5. The summed E-state index contributed by atoms with van der Waals surface area (Å²) in [6, 6.07) is 7.16. The van der Waals surface area contributed by atoms with Crippen LogP contribution < -0.4 is 4.74 Å². The topological polar surface area (TPSA) is 61.8 Å². The third kappa shape index (κ3) is 5.24. The first kappa shape index (κ1) is 17.8. The Labute approximate surface area is 130 Å². The van der Waals surface area contributed by atoms with Crippen LogP contribution in [0.25, 0.3) is 6.08 Å². The molecule has 0 saturated heterocycles. The van der Waals surface area contributed by atoms with E-state index in [1.165, 1.54) is 6.08 Å². The molecule has 0 radical (unpaired) electrons. The monoisotopic (exact) mass is 306 g/mol. The van der Waals surface area contributed by atoms with E-state index in [9.17, 15) is 9.59 Å². The molecule has 0 spiro atoms. The van der Waals surface area contributed by atoms with Crippen LogP contribution in [-0.4, -0.2) is 31.3 Å². The molecular weight excluding hydrogens is 284 g/mol. The number of ether oxygens (including phenoxy) is 3. The van der Waals surface area contributed by atoms with Gasteiger partial charge >= 0.3 is 11.9 Å². The van der Waals surface area contributed by atoms with Crippen LogP contribution in [0.1, 0.15) is 33.3 Å². The Morgan fingerprint density at radius 1 is 1.05 bits per heavy atom. The van der Waals surface area contributed by atoms with Gasteiger partial charge in [-0.1, -0.05) is 18.2 Å². The second kappa shape index (κ2) is 8.87. The fourth-order valence-corrected chi connectivity index (χ4v) is 1.74. The quantitative estimate of drug-likeness (QED) is 0.335. The number of carbonyl (C=O) groups is 2. The summed E-state index contributed by atoms with van der Waals surface area (Å²) in [5, 5.41) is 0. The molecule has 0 heterocycles. The van der Waals surface area contributed by atoms with Crippen molar-refractivity contribution >= 4 is 18.0 Å². The van der Waals surface area contributed by atoms with Crippen LogP contribution in [0.4, 0.5) is 0 Å². The first-order valence-electron chi connectivity index (χ1n) is 7.31. The van der Waals surface area contributed by atoms with Crippen molar-refractivity contribution in [3.8, 4) is 5.75 Å². The molecule has 22 heavy (non-hydrogen) atoms. The molecule has 1 aromatic carbocycles. The molecule has 1 rings (SSSR count). The van der Waals surface area contributed by atoms with Crippen molar-refractivity contribution < 1.29 is 23.8 Å². The van der Waals surface area contributed by atoms with Crippen LogP contribution >= 0.6 is 0 Å². The smallest absolute Gasteiger partial charge is 0.345 e. The van der Waals surface area contributed by atoms with Crippen molar-refractivity contribution in [2.75, 3.05) is 13.2 Å². The second-order valence-corrected chi connectivity index (χ2v) is 4.70. The molecule has 0 aromatic heterocycles. The SMILES string of the molecule is CCOC(=O)C(=Cc1ccccc1OC(C)C)C(=O)OCC. The van der Waals surface area contributed by atoms with E-state index in [0.29, 0.717) is 11.3 Å². The molecule has 0 N–H and O–H groups in total. The lowest BCUT2D eigenvalue weighted by atomic mass is 10.1. The Bertz CT molecular complexity index is 526. The molecule has 0 atom stereocenters. The molecular formula is C17H22O5. The predicted molar refractivity (Wildman–Crippen MR) is 83.4 cm³/mol. The Kier molecular flexibility index (Phi) is 7.16. The van der Waals surface area contributed by atoms with Gasteiger partial charge in [-0.25, -0.2) is 9.59 Å². The largest absolute Gasteiger partial charge is 0.490 e. The minimum Gasteiger partial charge on any atom is -0.490 e. The number of hydrogen-bond donors (Lipinski definition) is 0. The average Bonchev–Trinajstić information content (AvgIpc) is 2.46. The summed E-state index contributed by atoms with van der Waals surface area (Å²) in [4.78, 5) is 23.9. The minimum atomic E-state index is -0.708. The lowest BCUT2D eigenvalue weighted by Gasteiger charge is -2.13. The molecule has 120 valence electrons. The highest BCUT2D eigenvalue weighted by atomic mass is 16.6. The Morgan fingerprint density at radius 3 is 2.09 bits per heavy atom. The van der Waals surface area contributed by atoms with E-state index in [4.69, 9.17) is 14.2 Å². The van der Waals surface area contributed by atoms with Crippen LogP contribution in [0.3, 0.4) is 0 Å². The summed E-state index contributed by atoms with van der Waals surface area (Å²) in [7, 11) is 0. The number of rotatable bonds is 7. The third-order valence-corrected chi connectivity index (χ3v) is 2.57. The van der Waals surface area contributed by atoms with E-state index in [-0.39, 0.29) is 24.9 Å². The van der Waals surface area contributed by atoms with Crippen LogP contribution in [0.2, 0.25) is 0 Å². The van der Waals surface area contributed by atoms with Gasteiger partial charge in [-0.3, -0.25) is 0 Å². The fraction of sp³-hybridized carbons (Fsp3) is 0.412. The average molecular weight is 306 g/mol. The summed E-state index contributed by atoms with van der Waals surface area (Å²) in [6.07, 6.45) is 1.41. The predicted octanol–water partition coefficient (Wildman–Crippen LogP) is 2.98. The lowest BCUT2D eigenvalue weighted by molar-refractivity contribution is -0.146. The van der Waals surface area contributed by atoms with Crippen LogP contribution in [0.15, 0.2) is 29.8 Å². The van der Waals surface area contributed by atoms with Crippen molar-refractivity contribution in [3.05, 3.63) is 35.4 Å². The van der Waals surface area contributed by atoms with Gasteiger partial charge in [-0.2, -0.15) is 0 Å². The second-order valence-electron chi connectivity index (χ2n) is 4.70. The van der Waals surface area contributed by atoms with Crippen LogP contribution in [0, 0.1) is 0 Å². The van der Waals surface area contributed by atoms with Gasteiger partial charge in [-0.15, -0.1) is 0 Å². The maximum atomic E-state index is 12.0. The van der Waals surface area contributed by atoms with E-state index in [1.807, 2.05) is 19.9 Å². The number of hydrogen-bond acceptors (Lipinski definition) is 5. The molecule has 0 aliphatic carbocycles. The van der Waals surface area contributed by atoms with Crippen molar-refractivity contribution in [2.24, 2.45) is 0 Å². The number of esters is 2. The third-order valence-electron chi connectivity index (χ3n) is 2.57. The fourth-order valence-electron chi connectivity index (χ4n) is 1.74. The normalized spacial score (nSPS) is 10.0. The molecule has 0 saturated carbocycles. The zero-order chi connectivity index (χ0) is 16.5. The van der Waals surface area contributed by atoms with Gasteiger partial charge in [0.1, 0.15) is 11.3 Å². The first-order valence-corrected chi connectivity index (χ1v) is 7.31. The van der Waals surface area contributed by atoms with Gasteiger partial charge in [0.15, 0.2) is 0 Å². The van der Waals surface area contributed by atoms with Crippen molar-refractivity contribution in [1.29, 1.82) is 0 Å². The summed E-state index contributed by atoms with van der Waals surface area (Å²) >= 11 is 0. The lowest BCUT2D eigenvalue weighted by Crippen LogP contribution is -2.18. The van der Waals surface area contributed by atoms with Gasteiger partial charge in [0.05, 0.1) is 19.3 Å². The van der Waals surface area contributed by atoms with Crippen molar-refractivity contribution in [3.63, 3.8) is 0 Å². The van der Waals surface area contributed by atoms with Gasteiger partial charge in [0.25, 0.3) is 0 Å². The number of para-hydroxylation sites is 1. The van der Waals surface area contributed by atoms with Gasteiger partial charge < -0.3 is 14.2 Å².